The van der Waals surface area contributed by atoms with Crippen LogP contribution in [0.4, 0.5) is 17.1 Å². The predicted molar refractivity (Wildman–Crippen MR) is 173 cm³/mol. The van der Waals surface area contributed by atoms with E-state index >= 15 is 0 Å². The van der Waals surface area contributed by atoms with E-state index in [0.717, 1.165) is 65.3 Å². The summed E-state index contributed by atoms with van der Waals surface area (Å²) in [5, 5.41) is 18.9. The number of nitrogens with one attached hydrogen (secondary N) is 2. The van der Waals surface area contributed by atoms with E-state index < -0.39 is 0 Å². The first-order chi connectivity index (χ1) is 20.9. The highest BCUT2D eigenvalue weighted by Crippen LogP contribution is 2.29. The van der Waals surface area contributed by atoms with Crippen LogP contribution in [0.5, 0.6) is 5.88 Å². The molecule has 0 unspecified atom stereocenters. The molecule has 43 heavy (non-hydrogen) atoms. The van der Waals surface area contributed by atoms with E-state index in [0.29, 0.717) is 24.2 Å². The zero-order valence-electron chi connectivity index (χ0n) is 24.8. The molecule has 9 nitrogen and oxygen atoms in total. The largest absolute Gasteiger partial charge is 0.494 e. The van der Waals surface area contributed by atoms with Gasteiger partial charge in [-0.2, -0.15) is 5.10 Å². The molecule has 0 bridgehead atoms. The highest BCUT2D eigenvalue weighted by atomic mass is 16.3. The molecule has 1 aliphatic rings. The summed E-state index contributed by atoms with van der Waals surface area (Å²) in [5.41, 5.74) is 7.89. The Labute approximate surface area is 251 Å². The molecule has 0 aliphatic carbocycles. The number of nitrogens with zero attached hydrogens (tertiary/aromatic N) is 5. The number of aromatic nitrogens is 3. The van der Waals surface area contributed by atoms with E-state index in [4.69, 9.17) is 0 Å². The number of aromatic hydroxyl groups is 1. The summed E-state index contributed by atoms with van der Waals surface area (Å²) in [5.74, 6) is -0.0715. The first-order valence-electron chi connectivity index (χ1n) is 14.7. The fourth-order valence-electron chi connectivity index (χ4n) is 5.55. The third-order valence-electron chi connectivity index (χ3n) is 8.00. The Bertz CT molecular complexity index is 1760. The molecule has 1 saturated heterocycles. The molecule has 3 heterocycles. The van der Waals surface area contributed by atoms with E-state index in [1.54, 1.807) is 17.0 Å². The zero-order chi connectivity index (χ0) is 29.9. The molecule has 0 radical (unpaired) electrons. The van der Waals surface area contributed by atoms with Crippen LogP contribution in [-0.4, -0.2) is 70.1 Å². The third kappa shape index (κ3) is 6.32. The van der Waals surface area contributed by atoms with Crippen molar-refractivity contribution in [3.05, 3.63) is 101 Å². The van der Waals surface area contributed by atoms with E-state index in [1.165, 1.54) is 5.69 Å². The Morgan fingerprint density at radius 1 is 1.00 bits per heavy atom. The number of benzene rings is 3. The molecule has 6 rings (SSSR count). The number of likely N-dealkylation sites (N-methyl/N-ethyl adjacent to an activating group) is 1. The van der Waals surface area contributed by atoms with Gasteiger partial charge in [0.1, 0.15) is 5.69 Å². The maximum absolute atomic E-state index is 12.8. The minimum atomic E-state index is -0.173. The van der Waals surface area contributed by atoms with Gasteiger partial charge in [-0.15, -0.1) is 0 Å². The van der Waals surface area contributed by atoms with Crippen molar-refractivity contribution in [2.24, 2.45) is 4.99 Å². The Morgan fingerprint density at radius 2 is 1.72 bits per heavy atom. The minimum absolute atomic E-state index is 0.102. The van der Waals surface area contributed by atoms with Gasteiger partial charge in [-0.1, -0.05) is 18.2 Å². The molecule has 9 heteroatoms. The average Bonchev–Trinajstić information content (AvgIpc) is 3.55. The van der Waals surface area contributed by atoms with Gasteiger partial charge < -0.3 is 25.2 Å². The Kier molecular flexibility index (Phi) is 7.98. The number of aromatic amines is 1. The fourth-order valence-corrected chi connectivity index (χ4v) is 5.55. The molecular weight excluding hydrogens is 538 g/mol. The van der Waals surface area contributed by atoms with Crippen molar-refractivity contribution in [2.75, 3.05) is 43.4 Å². The van der Waals surface area contributed by atoms with Crippen molar-refractivity contribution in [1.29, 1.82) is 0 Å². The summed E-state index contributed by atoms with van der Waals surface area (Å²) in [4.78, 5) is 25.2. The number of fused-ring (bicyclic) bond motifs is 1. The summed E-state index contributed by atoms with van der Waals surface area (Å²) in [6.45, 7) is 8.67. The molecule has 3 N–H and O–H groups in total. The van der Waals surface area contributed by atoms with Crippen molar-refractivity contribution >= 4 is 40.1 Å². The molecule has 5 aromatic rings. The number of aliphatic imine (C=N–C) groups is 1. The third-order valence-corrected chi connectivity index (χ3v) is 8.00. The Morgan fingerprint density at radius 3 is 2.44 bits per heavy atom. The molecule has 220 valence electrons. The van der Waals surface area contributed by atoms with Crippen LogP contribution in [0.3, 0.4) is 0 Å². The van der Waals surface area contributed by atoms with Crippen molar-refractivity contribution in [2.45, 2.75) is 26.8 Å². The summed E-state index contributed by atoms with van der Waals surface area (Å²) < 4.78 is 1.71. The molecule has 1 fully saturated rings. The minimum Gasteiger partial charge on any atom is -0.494 e. The first-order valence-corrected chi connectivity index (χ1v) is 14.7. The highest BCUT2D eigenvalue weighted by Gasteiger charge is 2.15. The molecule has 1 aliphatic heterocycles. The summed E-state index contributed by atoms with van der Waals surface area (Å²) in [6.07, 6.45) is 2.44. The van der Waals surface area contributed by atoms with Crippen molar-refractivity contribution < 1.29 is 9.90 Å². The van der Waals surface area contributed by atoms with Crippen LogP contribution in [0.1, 0.15) is 39.8 Å². The second kappa shape index (κ2) is 12.1. The number of H-pyrrole nitrogens is 1. The van der Waals surface area contributed by atoms with Gasteiger partial charge in [-0.3, -0.25) is 14.5 Å². The number of rotatable bonds is 8. The van der Waals surface area contributed by atoms with Crippen LogP contribution >= 0.6 is 0 Å². The van der Waals surface area contributed by atoms with E-state index in [-0.39, 0.29) is 11.8 Å². The van der Waals surface area contributed by atoms with Gasteiger partial charge in [-0.25, -0.2) is 0 Å². The lowest BCUT2D eigenvalue weighted by molar-refractivity contribution is 0.101. The Hall–Kier alpha value is -4.89. The first kappa shape index (κ1) is 28.2. The van der Waals surface area contributed by atoms with Gasteiger partial charge in [-0.05, 0) is 93.0 Å². The van der Waals surface area contributed by atoms with E-state index in [2.05, 4.69) is 61.5 Å². The quantitative estimate of drug-likeness (QED) is 0.205. The molecule has 2 aromatic heterocycles. The number of hydrogen-bond acceptors (Lipinski definition) is 6. The lowest BCUT2D eigenvalue weighted by Crippen LogP contribution is -2.44. The van der Waals surface area contributed by atoms with Gasteiger partial charge in [0, 0.05) is 61.2 Å². The van der Waals surface area contributed by atoms with Gasteiger partial charge in [0.15, 0.2) is 5.88 Å². The van der Waals surface area contributed by atoms with Crippen molar-refractivity contribution in [3.63, 3.8) is 0 Å². The van der Waals surface area contributed by atoms with Crippen LogP contribution in [0.25, 0.3) is 10.9 Å². The molecule has 0 atom stereocenters. The van der Waals surface area contributed by atoms with Crippen LogP contribution in [0.15, 0.2) is 77.8 Å². The SMILES string of the molecule is CCn1nc(C)cc1C(=O)Nc1ccc(Cc2ccc3[nH]c(O)c(C=Nc4ccc(N5CCN(C)CC5)cc4)c3c2)cc1. The number of anilines is 2. The average molecular weight is 576 g/mol. The lowest BCUT2D eigenvalue weighted by atomic mass is 10.0. The molecule has 0 saturated carbocycles. The van der Waals surface area contributed by atoms with Crippen molar-refractivity contribution in [3.8, 4) is 5.88 Å². The predicted octanol–water partition coefficient (Wildman–Crippen LogP) is 5.74. The number of hydrogen-bond donors (Lipinski definition) is 3. The standard InChI is InChI=1S/C34H37N7O2/c1-4-41-32(19-23(2)38-41)34(43)36-27-8-5-24(6-9-27)20-25-7-14-31-29(21-25)30(33(42)37-31)22-35-26-10-12-28(13-11-26)40-17-15-39(3)16-18-40/h5-14,19,21-22,37,42H,4,15-18,20H2,1-3H3,(H,36,43). The normalized spacial score (nSPS) is 14.2. The molecule has 1 amide bonds. The van der Waals surface area contributed by atoms with Crippen LogP contribution < -0.4 is 10.2 Å². The number of carbonyl (C=O) groups excluding carboxylic acids is 1. The number of piperazine rings is 1. The van der Waals surface area contributed by atoms with Gasteiger partial charge in [0.05, 0.1) is 16.9 Å². The number of aryl methyl sites for hydroxylation is 2. The molecule has 0 spiro atoms. The molecular formula is C34H37N7O2. The molecule has 3 aromatic carbocycles. The fraction of sp³-hybridized carbons (Fsp3) is 0.265. The van der Waals surface area contributed by atoms with Gasteiger partial charge >= 0.3 is 0 Å². The highest BCUT2D eigenvalue weighted by molar-refractivity contribution is 6.03. The van der Waals surface area contributed by atoms with Crippen LogP contribution in [0, 0.1) is 6.92 Å². The van der Waals surface area contributed by atoms with Gasteiger partial charge in [0.25, 0.3) is 5.91 Å². The zero-order valence-corrected chi connectivity index (χ0v) is 24.8. The maximum atomic E-state index is 12.8. The van der Waals surface area contributed by atoms with E-state index in [1.807, 2.05) is 56.3 Å². The van der Waals surface area contributed by atoms with Crippen LogP contribution in [0.2, 0.25) is 0 Å². The summed E-state index contributed by atoms with van der Waals surface area (Å²) in [7, 11) is 2.16. The lowest BCUT2D eigenvalue weighted by Gasteiger charge is -2.34. The van der Waals surface area contributed by atoms with E-state index in [9.17, 15) is 9.90 Å². The second-order valence-corrected chi connectivity index (χ2v) is 11.1. The topological polar surface area (TPSA) is 102 Å². The second-order valence-electron chi connectivity index (χ2n) is 11.1. The smallest absolute Gasteiger partial charge is 0.273 e. The Balaban J connectivity index is 1.13. The van der Waals surface area contributed by atoms with Crippen LogP contribution in [-0.2, 0) is 13.0 Å². The monoisotopic (exact) mass is 575 g/mol. The van der Waals surface area contributed by atoms with Gasteiger partial charge in [0.2, 0.25) is 0 Å². The number of carbonyl (C=O) groups is 1. The summed E-state index contributed by atoms with van der Waals surface area (Å²) in [6, 6.07) is 24.1. The number of amides is 1. The van der Waals surface area contributed by atoms with Crippen molar-refractivity contribution in [1.82, 2.24) is 19.7 Å². The maximum Gasteiger partial charge on any atom is 0.273 e. The summed E-state index contributed by atoms with van der Waals surface area (Å²) >= 11 is 0.